The van der Waals surface area contributed by atoms with Gasteiger partial charge < -0.3 is 15.4 Å². The van der Waals surface area contributed by atoms with Crippen LogP contribution in [-0.4, -0.2) is 55.3 Å². The third-order valence-electron chi connectivity index (χ3n) is 4.79. The molecule has 25 heavy (non-hydrogen) atoms. The van der Waals surface area contributed by atoms with E-state index in [1.54, 1.807) is 7.11 Å². The summed E-state index contributed by atoms with van der Waals surface area (Å²) in [4.78, 5) is 7.24. The molecule has 2 atom stereocenters. The quantitative estimate of drug-likeness (QED) is 0.589. The number of hydrogen-bond acceptors (Lipinski definition) is 3. The molecule has 1 aliphatic heterocycles. The van der Waals surface area contributed by atoms with E-state index in [2.05, 4.69) is 73.6 Å². The van der Waals surface area contributed by atoms with Crippen molar-refractivity contribution in [1.29, 1.82) is 0 Å². The smallest absolute Gasteiger partial charge is 0.191 e. The van der Waals surface area contributed by atoms with Gasteiger partial charge in [0, 0.05) is 38.8 Å². The standard InChI is InChI=1S/C20H34N4O/c1-6-21-19(22-15-20(3,4)25-5)23-18-12-16(2)24(14-18)13-17-10-8-7-9-11-17/h7-11,16,18H,6,12-15H2,1-5H3,(H2,21,22,23). The van der Waals surface area contributed by atoms with Crippen molar-refractivity contribution < 1.29 is 4.74 Å². The van der Waals surface area contributed by atoms with Gasteiger partial charge in [0.25, 0.3) is 0 Å². The summed E-state index contributed by atoms with van der Waals surface area (Å²) in [6.45, 7) is 12.0. The van der Waals surface area contributed by atoms with Crippen molar-refractivity contribution >= 4 is 5.96 Å². The molecule has 1 aromatic carbocycles. The molecule has 0 bridgehead atoms. The van der Waals surface area contributed by atoms with Gasteiger partial charge in [-0.15, -0.1) is 0 Å². The van der Waals surface area contributed by atoms with E-state index in [9.17, 15) is 0 Å². The molecule has 5 heteroatoms. The highest BCUT2D eigenvalue weighted by Crippen LogP contribution is 2.20. The van der Waals surface area contributed by atoms with Gasteiger partial charge in [0.05, 0.1) is 12.1 Å². The van der Waals surface area contributed by atoms with Gasteiger partial charge in [-0.3, -0.25) is 9.89 Å². The van der Waals surface area contributed by atoms with Crippen LogP contribution in [0.2, 0.25) is 0 Å². The lowest BCUT2D eigenvalue weighted by Gasteiger charge is -2.23. The normalized spacial score (nSPS) is 22.2. The summed E-state index contributed by atoms with van der Waals surface area (Å²) >= 11 is 0. The second-order valence-corrected chi connectivity index (χ2v) is 7.50. The topological polar surface area (TPSA) is 48.9 Å². The van der Waals surface area contributed by atoms with Crippen LogP contribution in [0.1, 0.15) is 39.7 Å². The van der Waals surface area contributed by atoms with E-state index >= 15 is 0 Å². The number of aliphatic imine (C=N–C) groups is 1. The maximum atomic E-state index is 5.47. The van der Waals surface area contributed by atoms with Gasteiger partial charge in [0.15, 0.2) is 5.96 Å². The summed E-state index contributed by atoms with van der Waals surface area (Å²) in [5, 5.41) is 6.95. The van der Waals surface area contributed by atoms with Crippen molar-refractivity contribution in [2.75, 3.05) is 26.7 Å². The van der Waals surface area contributed by atoms with Crippen LogP contribution in [0.5, 0.6) is 0 Å². The van der Waals surface area contributed by atoms with Gasteiger partial charge in [-0.25, -0.2) is 0 Å². The fraction of sp³-hybridized carbons (Fsp3) is 0.650. The molecule has 2 N–H and O–H groups in total. The number of guanidine groups is 1. The number of rotatable bonds is 7. The highest BCUT2D eigenvalue weighted by atomic mass is 16.5. The molecule has 1 aliphatic rings. The molecule has 2 rings (SSSR count). The lowest BCUT2D eigenvalue weighted by molar-refractivity contribution is 0.0310. The van der Waals surface area contributed by atoms with E-state index in [1.807, 2.05) is 0 Å². The Labute approximate surface area is 152 Å². The first-order valence-corrected chi connectivity index (χ1v) is 9.31. The Kier molecular flexibility index (Phi) is 7.26. The first kappa shape index (κ1) is 19.7. The van der Waals surface area contributed by atoms with Gasteiger partial charge in [-0.05, 0) is 39.7 Å². The maximum absolute atomic E-state index is 5.47. The Bertz CT molecular complexity index is 544. The molecule has 0 amide bonds. The molecule has 1 saturated heterocycles. The summed E-state index contributed by atoms with van der Waals surface area (Å²) in [5.41, 5.74) is 1.13. The Morgan fingerprint density at radius 2 is 2.04 bits per heavy atom. The molecule has 1 aromatic rings. The first-order chi connectivity index (χ1) is 11.9. The lowest BCUT2D eigenvalue weighted by atomic mass is 10.1. The molecule has 0 aliphatic carbocycles. The molecule has 1 fully saturated rings. The highest BCUT2D eigenvalue weighted by Gasteiger charge is 2.29. The van der Waals surface area contributed by atoms with E-state index in [0.29, 0.717) is 18.6 Å². The largest absolute Gasteiger partial charge is 0.377 e. The average molecular weight is 347 g/mol. The Balaban J connectivity index is 1.93. The van der Waals surface area contributed by atoms with Crippen LogP contribution in [0.3, 0.4) is 0 Å². The van der Waals surface area contributed by atoms with Crippen LogP contribution < -0.4 is 10.6 Å². The van der Waals surface area contributed by atoms with Crippen molar-refractivity contribution in [3.05, 3.63) is 35.9 Å². The van der Waals surface area contributed by atoms with Crippen LogP contribution in [-0.2, 0) is 11.3 Å². The van der Waals surface area contributed by atoms with Crippen molar-refractivity contribution in [1.82, 2.24) is 15.5 Å². The van der Waals surface area contributed by atoms with Crippen LogP contribution >= 0.6 is 0 Å². The predicted octanol–water partition coefficient (Wildman–Crippen LogP) is 2.63. The number of hydrogen-bond donors (Lipinski definition) is 2. The van der Waals surface area contributed by atoms with Crippen molar-refractivity contribution in [3.63, 3.8) is 0 Å². The second kappa shape index (κ2) is 9.20. The number of likely N-dealkylation sites (tertiary alicyclic amines) is 1. The van der Waals surface area contributed by atoms with Crippen LogP contribution in [0.4, 0.5) is 0 Å². The molecular weight excluding hydrogens is 312 g/mol. The van der Waals surface area contributed by atoms with Crippen LogP contribution in [0.15, 0.2) is 35.3 Å². The monoisotopic (exact) mass is 346 g/mol. The fourth-order valence-corrected chi connectivity index (χ4v) is 3.09. The molecule has 0 aromatic heterocycles. The van der Waals surface area contributed by atoms with Crippen LogP contribution in [0, 0.1) is 0 Å². The summed E-state index contributed by atoms with van der Waals surface area (Å²) in [7, 11) is 1.73. The molecule has 0 spiro atoms. The van der Waals surface area contributed by atoms with E-state index < -0.39 is 0 Å². The summed E-state index contributed by atoms with van der Waals surface area (Å²) in [6.07, 6.45) is 1.13. The lowest BCUT2D eigenvalue weighted by Crippen LogP contribution is -2.45. The minimum atomic E-state index is -0.245. The number of ether oxygens (including phenoxy) is 1. The van der Waals surface area contributed by atoms with Gasteiger partial charge in [-0.1, -0.05) is 30.3 Å². The SMILES string of the molecule is CCNC(=NCC(C)(C)OC)NC1CC(C)N(Cc2ccccc2)C1. The zero-order valence-electron chi connectivity index (χ0n) is 16.4. The second-order valence-electron chi connectivity index (χ2n) is 7.50. The van der Waals surface area contributed by atoms with E-state index in [-0.39, 0.29) is 5.60 Å². The zero-order valence-corrected chi connectivity index (χ0v) is 16.4. The molecule has 1 heterocycles. The number of nitrogens with one attached hydrogen (secondary N) is 2. The van der Waals surface area contributed by atoms with E-state index in [0.717, 1.165) is 32.0 Å². The number of nitrogens with zero attached hydrogens (tertiary/aromatic N) is 2. The van der Waals surface area contributed by atoms with Crippen LogP contribution in [0.25, 0.3) is 0 Å². The van der Waals surface area contributed by atoms with Crippen molar-refractivity contribution in [2.24, 2.45) is 4.99 Å². The highest BCUT2D eigenvalue weighted by molar-refractivity contribution is 5.80. The number of methoxy groups -OCH3 is 1. The third-order valence-corrected chi connectivity index (χ3v) is 4.79. The molecule has 140 valence electrons. The fourth-order valence-electron chi connectivity index (χ4n) is 3.09. The van der Waals surface area contributed by atoms with Gasteiger partial charge >= 0.3 is 0 Å². The molecule has 5 nitrogen and oxygen atoms in total. The Hall–Kier alpha value is -1.59. The first-order valence-electron chi connectivity index (χ1n) is 9.31. The summed E-state index contributed by atoms with van der Waals surface area (Å²) in [6, 6.07) is 11.7. The van der Waals surface area contributed by atoms with E-state index in [1.165, 1.54) is 5.56 Å². The Morgan fingerprint density at radius 1 is 1.32 bits per heavy atom. The minimum Gasteiger partial charge on any atom is -0.377 e. The molecular formula is C20H34N4O. The van der Waals surface area contributed by atoms with Gasteiger partial charge in [0.2, 0.25) is 0 Å². The van der Waals surface area contributed by atoms with Crippen molar-refractivity contribution in [2.45, 2.75) is 58.3 Å². The van der Waals surface area contributed by atoms with Crippen molar-refractivity contribution in [3.8, 4) is 0 Å². The molecule has 0 radical (unpaired) electrons. The molecule has 2 unspecified atom stereocenters. The summed E-state index contributed by atoms with van der Waals surface area (Å²) < 4.78 is 5.47. The average Bonchev–Trinajstić information content (AvgIpc) is 2.93. The molecule has 0 saturated carbocycles. The van der Waals surface area contributed by atoms with Gasteiger partial charge in [0.1, 0.15) is 0 Å². The Morgan fingerprint density at radius 3 is 2.68 bits per heavy atom. The third kappa shape index (κ3) is 6.33. The summed E-state index contributed by atoms with van der Waals surface area (Å²) in [5.74, 6) is 0.881. The minimum absolute atomic E-state index is 0.245. The van der Waals surface area contributed by atoms with Gasteiger partial charge in [-0.2, -0.15) is 0 Å². The number of benzene rings is 1. The maximum Gasteiger partial charge on any atom is 0.191 e. The predicted molar refractivity (Wildman–Crippen MR) is 105 cm³/mol. The zero-order chi connectivity index (χ0) is 18.3. The van der Waals surface area contributed by atoms with E-state index in [4.69, 9.17) is 9.73 Å².